The van der Waals surface area contributed by atoms with Gasteiger partial charge in [0.25, 0.3) is 0 Å². The fourth-order valence-electron chi connectivity index (χ4n) is 2.51. The van der Waals surface area contributed by atoms with Crippen LogP contribution < -0.4 is 10.0 Å². The van der Waals surface area contributed by atoms with Gasteiger partial charge < -0.3 is 5.32 Å². The summed E-state index contributed by atoms with van der Waals surface area (Å²) in [6.07, 6.45) is 6.05. The molecule has 0 radical (unpaired) electrons. The van der Waals surface area contributed by atoms with Crippen molar-refractivity contribution in [1.82, 2.24) is 14.6 Å². The van der Waals surface area contributed by atoms with Gasteiger partial charge in [0.2, 0.25) is 12.4 Å². The van der Waals surface area contributed by atoms with E-state index in [0.717, 1.165) is 39.4 Å². The summed E-state index contributed by atoms with van der Waals surface area (Å²) in [5.41, 5.74) is 4.07. The van der Waals surface area contributed by atoms with Crippen LogP contribution >= 0.6 is 0 Å². The lowest BCUT2D eigenvalue weighted by Crippen LogP contribution is -2.29. The number of nitrogens with one attached hydrogen (secondary N) is 1. The molecule has 0 bridgehead atoms. The summed E-state index contributed by atoms with van der Waals surface area (Å²) in [6.45, 7) is 6.98. The Morgan fingerprint density at radius 1 is 1.39 bits per heavy atom. The van der Waals surface area contributed by atoms with E-state index in [9.17, 15) is 5.21 Å². The van der Waals surface area contributed by atoms with Crippen LogP contribution in [0.5, 0.6) is 0 Å². The largest absolute Gasteiger partial charge is 0.366 e. The Balaban J connectivity index is 1.97. The summed E-state index contributed by atoms with van der Waals surface area (Å²) in [6, 6.07) is 5.81. The second kappa shape index (κ2) is 6.24. The first kappa shape index (κ1) is 15.3. The lowest BCUT2D eigenvalue weighted by atomic mass is 10.1. The Labute approximate surface area is 135 Å². The van der Waals surface area contributed by atoms with E-state index in [0.29, 0.717) is 12.5 Å². The number of hydrogen-bond donors (Lipinski definition) is 2. The lowest BCUT2D eigenvalue weighted by Gasteiger charge is -2.12. The van der Waals surface area contributed by atoms with E-state index in [-0.39, 0.29) is 0 Å². The Morgan fingerprint density at radius 3 is 2.91 bits per heavy atom. The van der Waals surface area contributed by atoms with E-state index >= 15 is 0 Å². The third-order valence-corrected chi connectivity index (χ3v) is 3.86. The molecular formula is C17H22N5O+. The summed E-state index contributed by atoms with van der Waals surface area (Å²) in [5.74, 6) is 1.25. The minimum absolute atomic E-state index is 0.344. The molecular weight excluding hydrogens is 290 g/mol. The smallest absolute Gasteiger partial charge is 0.227 e. The van der Waals surface area contributed by atoms with Crippen LogP contribution in [0, 0.1) is 0 Å². The van der Waals surface area contributed by atoms with Gasteiger partial charge in [0.05, 0.1) is 6.20 Å². The predicted molar refractivity (Wildman–Crippen MR) is 87.6 cm³/mol. The zero-order valence-corrected chi connectivity index (χ0v) is 13.7. The number of rotatable bonds is 5. The van der Waals surface area contributed by atoms with Crippen LogP contribution in [-0.4, -0.2) is 19.8 Å². The molecule has 0 spiro atoms. The number of anilines is 1. The van der Waals surface area contributed by atoms with Crippen molar-refractivity contribution in [3.8, 4) is 0 Å². The van der Waals surface area contributed by atoms with Crippen LogP contribution in [0.4, 0.5) is 5.82 Å². The lowest BCUT2D eigenvalue weighted by molar-refractivity contribution is -0.905. The molecule has 23 heavy (non-hydrogen) atoms. The number of pyridine rings is 1. The quantitative estimate of drug-likeness (QED) is 0.561. The molecule has 3 aromatic rings. The monoisotopic (exact) mass is 312 g/mol. The van der Waals surface area contributed by atoms with E-state index < -0.39 is 0 Å². The molecule has 3 heterocycles. The molecule has 0 atom stereocenters. The highest BCUT2D eigenvalue weighted by Crippen LogP contribution is 2.21. The van der Waals surface area contributed by atoms with Crippen LogP contribution in [0.3, 0.4) is 0 Å². The first-order chi connectivity index (χ1) is 11.1. The molecule has 0 aliphatic rings. The van der Waals surface area contributed by atoms with E-state index in [1.54, 1.807) is 12.4 Å². The van der Waals surface area contributed by atoms with Crippen LogP contribution in [0.15, 0.2) is 36.8 Å². The molecule has 0 aromatic carbocycles. The standard InChI is InChI=1S/C17H22N5O/c1-4-14-10-19-22-16(8-15(12(2)3)20-17(14)22)18-9-13-6-5-7-21(23)11-13/h5-8,10-12,18,23H,4,9H2,1-3H3/q+1. The van der Waals surface area contributed by atoms with Gasteiger partial charge >= 0.3 is 0 Å². The highest BCUT2D eigenvalue weighted by atomic mass is 16.5. The summed E-state index contributed by atoms with van der Waals surface area (Å²) in [5, 5.41) is 17.4. The molecule has 3 aromatic heterocycles. The van der Waals surface area contributed by atoms with Gasteiger partial charge in [-0.05, 0) is 18.4 Å². The van der Waals surface area contributed by atoms with Crippen LogP contribution in [0.1, 0.15) is 43.5 Å². The third kappa shape index (κ3) is 3.11. The van der Waals surface area contributed by atoms with Crippen molar-refractivity contribution in [1.29, 1.82) is 0 Å². The Bertz CT molecular complexity index is 825. The van der Waals surface area contributed by atoms with Gasteiger partial charge in [0.15, 0.2) is 5.65 Å². The fraction of sp³-hybridized carbons (Fsp3) is 0.353. The van der Waals surface area contributed by atoms with E-state index in [1.807, 2.05) is 28.9 Å². The SMILES string of the molecule is CCc1cnn2c(NCc3ccc[n+](O)c3)cc(C(C)C)nc12. The predicted octanol–water partition coefficient (Wildman–Crippen LogP) is 2.55. The fourth-order valence-corrected chi connectivity index (χ4v) is 2.51. The third-order valence-electron chi connectivity index (χ3n) is 3.86. The topological polar surface area (TPSA) is 66.3 Å². The summed E-state index contributed by atoms with van der Waals surface area (Å²) in [7, 11) is 0. The van der Waals surface area contributed by atoms with Crippen molar-refractivity contribution in [3.63, 3.8) is 0 Å². The number of aryl methyl sites for hydroxylation is 1. The maximum absolute atomic E-state index is 9.50. The zero-order chi connectivity index (χ0) is 16.4. The number of hydrogen-bond acceptors (Lipinski definition) is 4. The van der Waals surface area contributed by atoms with Gasteiger partial charge in [0.1, 0.15) is 5.82 Å². The minimum atomic E-state index is 0.344. The van der Waals surface area contributed by atoms with E-state index in [1.165, 1.54) is 0 Å². The Kier molecular flexibility index (Phi) is 4.14. The van der Waals surface area contributed by atoms with Crippen molar-refractivity contribution < 1.29 is 9.94 Å². The van der Waals surface area contributed by atoms with Crippen LogP contribution in [0.2, 0.25) is 0 Å². The highest BCUT2D eigenvalue weighted by Gasteiger charge is 2.12. The molecule has 0 unspecified atom stereocenters. The van der Waals surface area contributed by atoms with Crippen molar-refractivity contribution in [2.75, 3.05) is 5.32 Å². The summed E-state index contributed by atoms with van der Waals surface area (Å²) in [4.78, 5) is 4.75. The molecule has 6 heteroatoms. The highest BCUT2D eigenvalue weighted by molar-refractivity contribution is 5.54. The normalized spacial score (nSPS) is 11.3. The zero-order valence-electron chi connectivity index (χ0n) is 13.7. The van der Waals surface area contributed by atoms with Gasteiger partial charge in [0, 0.05) is 40.2 Å². The molecule has 0 amide bonds. The van der Waals surface area contributed by atoms with Gasteiger partial charge in [-0.25, -0.2) is 4.98 Å². The van der Waals surface area contributed by atoms with Crippen LogP contribution in [0.25, 0.3) is 5.65 Å². The molecule has 120 valence electrons. The first-order valence-corrected chi connectivity index (χ1v) is 7.89. The molecule has 0 saturated carbocycles. The Morgan fingerprint density at radius 2 is 2.22 bits per heavy atom. The van der Waals surface area contributed by atoms with Crippen LogP contribution in [-0.2, 0) is 13.0 Å². The molecule has 0 aliphatic heterocycles. The first-order valence-electron chi connectivity index (χ1n) is 7.89. The van der Waals surface area contributed by atoms with E-state index in [2.05, 4.69) is 31.2 Å². The number of aromatic nitrogens is 4. The molecule has 0 fully saturated rings. The molecule has 0 saturated heterocycles. The number of nitrogens with zero attached hydrogens (tertiary/aromatic N) is 4. The van der Waals surface area contributed by atoms with E-state index in [4.69, 9.17) is 4.98 Å². The van der Waals surface area contributed by atoms with Crippen molar-refractivity contribution >= 4 is 11.5 Å². The summed E-state index contributed by atoms with van der Waals surface area (Å²) < 4.78 is 2.91. The second-order valence-corrected chi connectivity index (χ2v) is 5.93. The van der Waals surface area contributed by atoms with Gasteiger partial charge in [-0.1, -0.05) is 20.8 Å². The average Bonchev–Trinajstić information content (AvgIpc) is 2.95. The Hall–Kier alpha value is -2.63. The van der Waals surface area contributed by atoms with Crippen molar-refractivity contribution in [3.05, 3.63) is 53.6 Å². The average molecular weight is 312 g/mol. The maximum Gasteiger partial charge on any atom is 0.227 e. The summed E-state index contributed by atoms with van der Waals surface area (Å²) >= 11 is 0. The molecule has 6 nitrogen and oxygen atoms in total. The molecule has 2 N–H and O–H groups in total. The minimum Gasteiger partial charge on any atom is -0.366 e. The second-order valence-electron chi connectivity index (χ2n) is 5.93. The molecule has 3 rings (SSSR count). The van der Waals surface area contributed by atoms with Gasteiger partial charge in [-0.15, -0.1) is 0 Å². The van der Waals surface area contributed by atoms with Gasteiger partial charge in [-0.3, -0.25) is 5.21 Å². The number of fused-ring (bicyclic) bond motifs is 1. The van der Waals surface area contributed by atoms with Gasteiger partial charge in [-0.2, -0.15) is 9.61 Å². The maximum atomic E-state index is 9.50. The van der Waals surface area contributed by atoms with Crippen molar-refractivity contribution in [2.24, 2.45) is 0 Å². The molecule has 0 aliphatic carbocycles. The van der Waals surface area contributed by atoms with Crippen molar-refractivity contribution in [2.45, 2.75) is 39.7 Å².